The van der Waals surface area contributed by atoms with E-state index in [9.17, 15) is 4.79 Å². The second kappa shape index (κ2) is 5.04. The summed E-state index contributed by atoms with van der Waals surface area (Å²) in [5.41, 5.74) is 6.23. The van der Waals surface area contributed by atoms with Crippen LogP contribution in [0.4, 0.5) is 0 Å². The Hall–Kier alpha value is -1.10. The quantitative estimate of drug-likeness (QED) is 0.789. The van der Waals surface area contributed by atoms with Crippen LogP contribution in [0.3, 0.4) is 0 Å². The Kier molecular flexibility index (Phi) is 3.66. The van der Waals surface area contributed by atoms with Crippen LogP contribution in [0.1, 0.15) is 33.1 Å². The average molecular weight is 239 g/mol. The molecule has 2 N–H and O–H groups in total. The van der Waals surface area contributed by atoms with Crippen molar-refractivity contribution in [3.8, 4) is 0 Å². The summed E-state index contributed by atoms with van der Waals surface area (Å²) in [6.07, 6.45) is 2.26. The summed E-state index contributed by atoms with van der Waals surface area (Å²) < 4.78 is 0. The first-order valence-electron chi connectivity index (χ1n) is 6.34. The summed E-state index contributed by atoms with van der Waals surface area (Å²) in [6.45, 7) is 6.64. The van der Waals surface area contributed by atoms with Crippen molar-refractivity contribution in [2.45, 2.75) is 45.3 Å². The lowest BCUT2D eigenvalue weighted by molar-refractivity contribution is -0.127. The number of hydrogen-bond donors (Lipinski definition) is 1. The lowest BCUT2D eigenvalue weighted by Gasteiger charge is -2.34. The second-order valence-corrected chi connectivity index (χ2v) is 5.19. The third-order valence-electron chi connectivity index (χ3n) is 3.74. The van der Waals surface area contributed by atoms with Gasteiger partial charge in [-0.1, -0.05) is 5.16 Å². The molecule has 2 aliphatic heterocycles. The van der Waals surface area contributed by atoms with E-state index in [0.29, 0.717) is 18.4 Å². The largest absolute Gasteiger partial charge is 0.382 e. The zero-order valence-electron chi connectivity index (χ0n) is 10.6. The summed E-state index contributed by atoms with van der Waals surface area (Å²) in [4.78, 5) is 18.5. The van der Waals surface area contributed by atoms with Gasteiger partial charge in [0.1, 0.15) is 0 Å². The van der Waals surface area contributed by atoms with Crippen molar-refractivity contribution in [2.75, 3.05) is 13.1 Å². The number of hydrogen-bond acceptors (Lipinski definition) is 4. The number of rotatable bonds is 3. The zero-order chi connectivity index (χ0) is 12.4. The van der Waals surface area contributed by atoms with E-state index in [1.165, 1.54) is 0 Å². The first kappa shape index (κ1) is 12.4. The van der Waals surface area contributed by atoms with Gasteiger partial charge in [-0.2, -0.15) is 0 Å². The molecule has 5 heteroatoms. The molecule has 0 aliphatic carbocycles. The van der Waals surface area contributed by atoms with E-state index in [-0.39, 0.29) is 0 Å². The number of carbonyl (C=O) groups is 1. The van der Waals surface area contributed by atoms with Gasteiger partial charge in [-0.15, -0.1) is 0 Å². The molecule has 0 spiro atoms. The number of primary amides is 1. The van der Waals surface area contributed by atoms with Gasteiger partial charge >= 0.3 is 0 Å². The van der Waals surface area contributed by atoms with Gasteiger partial charge in [0.25, 0.3) is 5.91 Å². The highest BCUT2D eigenvalue weighted by molar-refractivity contribution is 5.93. The molecule has 17 heavy (non-hydrogen) atoms. The van der Waals surface area contributed by atoms with Gasteiger partial charge in [-0.3, -0.25) is 4.79 Å². The van der Waals surface area contributed by atoms with Crippen LogP contribution in [0.25, 0.3) is 0 Å². The molecule has 2 aliphatic rings. The van der Waals surface area contributed by atoms with Crippen molar-refractivity contribution >= 4 is 11.6 Å². The predicted octanol–water partition coefficient (Wildman–Crippen LogP) is 0.737. The Morgan fingerprint density at radius 2 is 2.12 bits per heavy atom. The van der Waals surface area contributed by atoms with Crippen LogP contribution in [0.5, 0.6) is 0 Å². The maximum Gasteiger partial charge on any atom is 0.261 e. The van der Waals surface area contributed by atoms with E-state index in [1.54, 1.807) is 0 Å². The molecule has 96 valence electrons. The molecular weight excluding hydrogens is 218 g/mol. The highest BCUT2D eigenvalue weighted by Gasteiger charge is 2.32. The van der Waals surface area contributed by atoms with E-state index < -0.39 is 12.0 Å². The minimum atomic E-state index is -0.534. The SMILES string of the molecule is CC(C)N1CCC(C2=NOC(C(N)=O)C2)CC1. The Morgan fingerprint density at radius 3 is 2.59 bits per heavy atom. The molecule has 0 aromatic heterocycles. The van der Waals surface area contributed by atoms with Gasteiger partial charge in [0.2, 0.25) is 6.10 Å². The summed E-state index contributed by atoms with van der Waals surface area (Å²) in [7, 11) is 0. The van der Waals surface area contributed by atoms with Gasteiger partial charge in [-0.25, -0.2) is 0 Å². The third kappa shape index (κ3) is 2.77. The summed E-state index contributed by atoms with van der Waals surface area (Å²) in [5, 5.41) is 4.03. The fraction of sp³-hybridized carbons (Fsp3) is 0.833. The van der Waals surface area contributed by atoms with Crippen LogP contribution >= 0.6 is 0 Å². The molecule has 0 aromatic rings. The molecule has 5 nitrogen and oxygen atoms in total. The molecule has 1 amide bonds. The van der Waals surface area contributed by atoms with Crippen molar-refractivity contribution in [3.63, 3.8) is 0 Å². The first-order valence-corrected chi connectivity index (χ1v) is 6.34. The molecule has 0 radical (unpaired) electrons. The summed E-state index contributed by atoms with van der Waals surface area (Å²) >= 11 is 0. The number of oxime groups is 1. The van der Waals surface area contributed by atoms with Gasteiger partial charge < -0.3 is 15.5 Å². The van der Waals surface area contributed by atoms with Crippen LogP contribution in [-0.4, -0.2) is 41.8 Å². The van der Waals surface area contributed by atoms with Gasteiger partial charge in [0, 0.05) is 18.4 Å². The number of nitrogens with two attached hydrogens (primary N) is 1. The topological polar surface area (TPSA) is 67.9 Å². The van der Waals surface area contributed by atoms with E-state index >= 15 is 0 Å². The standard InChI is InChI=1S/C12H21N3O2/c1-8(2)15-5-3-9(4-6-15)10-7-11(12(13)16)17-14-10/h8-9,11H,3-7H2,1-2H3,(H2,13,16). The van der Waals surface area contributed by atoms with E-state index in [2.05, 4.69) is 23.9 Å². The fourth-order valence-corrected chi connectivity index (χ4v) is 2.54. The molecule has 1 unspecified atom stereocenters. The highest BCUT2D eigenvalue weighted by Crippen LogP contribution is 2.25. The third-order valence-corrected chi connectivity index (χ3v) is 3.74. The molecule has 1 atom stereocenters. The average Bonchev–Trinajstić information content (AvgIpc) is 2.78. The predicted molar refractivity (Wildman–Crippen MR) is 65.6 cm³/mol. The van der Waals surface area contributed by atoms with Crippen molar-refractivity contribution in [1.82, 2.24) is 4.90 Å². The first-order chi connectivity index (χ1) is 8.08. The Balaban J connectivity index is 1.84. The lowest BCUT2D eigenvalue weighted by atomic mass is 9.89. The molecule has 0 saturated carbocycles. The highest BCUT2D eigenvalue weighted by atomic mass is 16.6. The molecular formula is C12H21N3O2. The number of amides is 1. The van der Waals surface area contributed by atoms with Crippen LogP contribution in [0.2, 0.25) is 0 Å². The monoisotopic (exact) mass is 239 g/mol. The summed E-state index contributed by atoms with van der Waals surface area (Å²) in [5.74, 6) is 0.0534. The molecule has 0 aromatic carbocycles. The second-order valence-electron chi connectivity index (χ2n) is 5.19. The smallest absolute Gasteiger partial charge is 0.261 e. The van der Waals surface area contributed by atoms with Gasteiger partial charge in [0.05, 0.1) is 5.71 Å². The Bertz CT molecular complexity index is 320. The lowest BCUT2D eigenvalue weighted by Crippen LogP contribution is -2.40. The molecule has 1 saturated heterocycles. The van der Waals surface area contributed by atoms with E-state index in [0.717, 1.165) is 31.6 Å². The minimum Gasteiger partial charge on any atom is -0.382 e. The van der Waals surface area contributed by atoms with Gasteiger partial charge in [0.15, 0.2) is 0 Å². The van der Waals surface area contributed by atoms with E-state index in [1.807, 2.05) is 0 Å². The summed E-state index contributed by atoms with van der Waals surface area (Å²) in [6, 6.07) is 0.607. The minimum absolute atomic E-state index is 0.414. The van der Waals surface area contributed by atoms with Crippen molar-refractivity contribution in [2.24, 2.45) is 16.8 Å². The van der Waals surface area contributed by atoms with Crippen LogP contribution in [-0.2, 0) is 9.63 Å². The fourth-order valence-electron chi connectivity index (χ4n) is 2.54. The number of carbonyl (C=O) groups excluding carboxylic acids is 1. The van der Waals surface area contributed by atoms with Crippen LogP contribution in [0.15, 0.2) is 5.16 Å². The van der Waals surface area contributed by atoms with Crippen molar-refractivity contribution in [3.05, 3.63) is 0 Å². The number of likely N-dealkylation sites (tertiary alicyclic amines) is 1. The molecule has 2 rings (SSSR count). The maximum absolute atomic E-state index is 11.0. The van der Waals surface area contributed by atoms with Crippen LogP contribution in [0, 0.1) is 5.92 Å². The Labute approximate surface area is 102 Å². The Morgan fingerprint density at radius 1 is 1.47 bits per heavy atom. The number of piperidine rings is 1. The molecule has 2 heterocycles. The molecule has 1 fully saturated rings. The zero-order valence-corrected chi connectivity index (χ0v) is 10.6. The van der Waals surface area contributed by atoms with Gasteiger partial charge in [-0.05, 0) is 39.8 Å². The maximum atomic E-state index is 11.0. The molecule has 0 bridgehead atoms. The number of nitrogens with zero attached hydrogens (tertiary/aromatic N) is 2. The normalized spacial score (nSPS) is 27.0. The van der Waals surface area contributed by atoms with Crippen molar-refractivity contribution in [1.29, 1.82) is 0 Å². The van der Waals surface area contributed by atoms with Crippen molar-refractivity contribution < 1.29 is 9.63 Å². The van der Waals surface area contributed by atoms with Crippen LogP contribution < -0.4 is 5.73 Å². The van der Waals surface area contributed by atoms with E-state index in [4.69, 9.17) is 10.6 Å².